The number of piperidine rings is 1. The summed E-state index contributed by atoms with van der Waals surface area (Å²) in [5.74, 6) is 1.36. The molecule has 3 aliphatic heterocycles. The van der Waals surface area contributed by atoms with Gasteiger partial charge in [0.25, 0.3) is 0 Å². The molecule has 3 saturated heterocycles. The molecule has 4 atom stereocenters. The topological polar surface area (TPSA) is 73.5 Å². The van der Waals surface area contributed by atoms with Gasteiger partial charge in [0.05, 0.1) is 12.1 Å². The minimum absolute atomic E-state index is 0.0629. The molecule has 6 heteroatoms. The summed E-state index contributed by atoms with van der Waals surface area (Å²) in [5, 5.41) is 10.4. The smallest absolute Gasteiger partial charge is 0.243 e. The highest BCUT2D eigenvalue weighted by Gasteiger charge is 2.48. The fourth-order valence-corrected chi connectivity index (χ4v) is 7.91. The molecule has 0 radical (unpaired) electrons. The van der Waals surface area contributed by atoms with E-state index in [0.717, 1.165) is 64.7 Å². The van der Waals surface area contributed by atoms with Crippen LogP contribution in [0.4, 0.5) is 0 Å². The van der Waals surface area contributed by atoms with E-state index in [1.165, 1.54) is 43.2 Å². The molecule has 3 heterocycles. The minimum atomic E-state index is -0.325. The van der Waals surface area contributed by atoms with Crippen LogP contribution in [0.15, 0.2) is 24.3 Å². The maximum absolute atomic E-state index is 13.9. The van der Waals surface area contributed by atoms with Gasteiger partial charge in [0, 0.05) is 13.1 Å². The monoisotopic (exact) mass is 478 g/mol. The number of amides is 2. The normalized spacial score (nSPS) is 32.6. The van der Waals surface area contributed by atoms with Crippen molar-refractivity contribution in [3.63, 3.8) is 0 Å². The number of nitrogens with one attached hydrogen (secondary N) is 3. The highest BCUT2D eigenvalue weighted by atomic mass is 16.2. The Morgan fingerprint density at radius 2 is 1.80 bits per heavy atom. The number of carbonyl (C=O) groups is 2. The first-order chi connectivity index (χ1) is 17.1. The molecule has 1 saturated carbocycles. The summed E-state index contributed by atoms with van der Waals surface area (Å²) < 4.78 is 0. The molecule has 1 aromatic rings. The van der Waals surface area contributed by atoms with Crippen LogP contribution in [0.1, 0.15) is 81.4 Å². The fourth-order valence-electron chi connectivity index (χ4n) is 7.91. The molecule has 2 amide bonds. The summed E-state index contributed by atoms with van der Waals surface area (Å²) in [6.45, 7) is 3.78. The first-order valence-electron chi connectivity index (χ1n) is 14.2. The Kier molecular flexibility index (Phi) is 6.61. The van der Waals surface area contributed by atoms with Crippen molar-refractivity contribution in [3.05, 3.63) is 35.4 Å². The van der Waals surface area contributed by atoms with Crippen molar-refractivity contribution in [1.29, 1.82) is 0 Å². The molecule has 1 aromatic carbocycles. The predicted octanol–water partition coefficient (Wildman–Crippen LogP) is 3.32. The zero-order chi connectivity index (χ0) is 23.8. The van der Waals surface area contributed by atoms with E-state index in [1.807, 2.05) is 4.90 Å². The number of nitrogens with zero attached hydrogens (tertiary/aromatic N) is 1. The summed E-state index contributed by atoms with van der Waals surface area (Å²) in [6, 6.07) is 8.08. The van der Waals surface area contributed by atoms with Crippen molar-refractivity contribution < 1.29 is 9.59 Å². The van der Waals surface area contributed by atoms with Crippen LogP contribution in [0.25, 0.3) is 0 Å². The van der Waals surface area contributed by atoms with Gasteiger partial charge in [-0.2, -0.15) is 0 Å². The first kappa shape index (κ1) is 23.5. The number of benzene rings is 1. The third-order valence-corrected chi connectivity index (χ3v) is 10.0. The van der Waals surface area contributed by atoms with Crippen LogP contribution in [-0.2, 0) is 16.0 Å². The summed E-state index contributed by atoms with van der Waals surface area (Å²) in [6.07, 6.45) is 12.4. The Morgan fingerprint density at radius 1 is 1.00 bits per heavy atom. The SMILES string of the molecule is O=C(N[C@@H]1CCc2ccccc21)[C@@H]1C[C@@H](C2CCCCC2)CN1C(=O)[C@H]1CC2(CCNCC2)CN1. The lowest BCUT2D eigenvalue weighted by Gasteiger charge is -2.33. The van der Waals surface area contributed by atoms with Gasteiger partial charge in [0.1, 0.15) is 6.04 Å². The summed E-state index contributed by atoms with van der Waals surface area (Å²) >= 11 is 0. The van der Waals surface area contributed by atoms with E-state index >= 15 is 0 Å². The summed E-state index contributed by atoms with van der Waals surface area (Å²) in [5.41, 5.74) is 2.85. The molecule has 1 spiro atoms. The first-order valence-corrected chi connectivity index (χ1v) is 14.2. The van der Waals surface area contributed by atoms with Crippen LogP contribution in [0.2, 0.25) is 0 Å². The number of aryl methyl sites for hydroxylation is 1. The zero-order valence-electron chi connectivity index (χ0n) is 21.1. The Morgan fingerprint density at radius 3 is 2.63 bits per heavy atom. The van der Waals surface area contributed by atoms with Gasteiger partial charge >= 0.3 is 0 Å². The largest absolute Gasteiger partial charge is 0.347 e. The van der Waals surface area contributed by atoms with Gasteiger partial charge in [-0.3, -0.25) is 9.59 Å². The van der Waals surface area contributed by atoms with Crippen LogP contribution in [0.3, 0.4) is 0 Å². The molecule has 2 aliphatic carbocycles. The van der Waals surface area contributed by atoms with E-state index in [0.29, 0.717) is 11.8 Å². The van der Waals surface area contributed by atoms with Crippen LogP contribution in [0.5, 0.6) is 0 Å². The van der Waals surface area contributed by atoms with E-state index in [9.17, 15) is 9.59 Å². The van der Waals surface area contributed by atoms with Gasteiger partial charge in [0.2, 0.25) is 11.8 Å². The van der Waals surface area contributed by atoms with E-state index < -0.39 is 0 Å². The van der Waals surface area contributed by atoms with Crippen LogP contribution in [-0.4, -0.2) is 55.0 Å². The predicted molar refractivity (Wildman–Crippen MR) is 137 cm³/mol. The average molecular weight is 479 g/mol. The molecule has 35 heavy (non-hydrogen) atoms. The van der Waals surface area contributed by atoms with E-state index in [-0.39, 0.29) is 35.4 Å². The Hall–Kier alpha value is -1.92. The zero-order valence-corrected chi connectivity index (χ0v) is 21.1. The van der Waals surface area contributed by atoms with Crippen molar-refractivity contribution in [2.24, 2.45) is 17.3 Å². The second-order valence-electron chi connectivity index (χ2n) is 12.1. The number of hydrogen-bond donors (Lipinski definition) is 3. The average Bonchev–Trinajstić information content (AvgIpc) is 3.63. The summed E-state index contributed by atoms with van der Waals surface area (Å²) in [4.78, 5) is 29.6. The maximum atomic E-state index is 13.9. The second-order valence-corrected chi connectivity index (χ2v) is 12.1. The van der Waals surface area contributed by atoms with Crippen molar-refractivity contribution in [2.75, 3.05) is 26.2 Å². The van der Waals surface area contributed by atoms with Crippen molar-refractivity contribution in [1.82, 2.24) is 20.9 Å². The molecule has 4 fully saturated rings. The molecular weight excluding hydrogens is 436 g/mol. The fraction of sp³-hybridized carbons (Fsp3) is 0.724. The second kappa shape index (κ2) is 9.85. The Balaban J connectivity index is 1.18. The molecule has 190 valence electrons. The molecule has 0 bridgehead atoms. The van der Waals surface area contributed by atoms with Crippen LogP contribution in [0, 0.1) is 17.3 Å². The van der Waals surface area contributed by atoms with Gasteiger partial charge in [-0.05, 0) is 80.0 Å². The lowest BCUT2D eigenvalue weighted by molar-refractivity contribution is -0.140. The number of rotatable bonds is 4. The lowest BCUT2D eigenvalue weighted by Crippen LogP contribution is -2.51. The van der Waals surface area contributed by atoms with Gasteiger partial charge in [-0.1, -0.05) is 56.4 Å². The minimum Gasteiger partial charge on any atom is -0.347 e. The van der Waals surface area contributed by atoms with Crippen molar-refractivity contribution in [3.8, 4) is 0 Å². The van der Waals surface area contributed by atoms with Crippen LogP contribution < -0.4 is 16.0 Å². The van der Waals surface area contributed by atoms with E-state index in [2.05, 4.69) is 40.2 Å². The summed E-state index contributed by atoms with van der Waals surface area (Å²) in [7, 11) is 0. The van der Waals surface area contributed by atoms with Gasteiger partial charge in [-0.15, -0.1) is 0 Å². The molecular formula is C29H42N4O2. The van der Waals surface area contributed by atoms with Gasteiger partial charge < -0.3 is 20.9 Å². The lowest BCUT2D eigenvalue weighted by atomic mass is 9.77. The number of fused-ring (bicyclic) bond motifs is 1. The van der Waals surface area contributed by atoms with Gasteiger partial charge in [-0.25, -0.2) is 0 Å². The van der Waals surface area contributed by atoms with Crippen molar-refractivity contribution >= 4 is 11.8 Å². The van der Waals surface area contributed by atoms with Gasteiger partial charge in [0.15, 0.2) is 0 Å². The Labute approximate surface area is 210 Å². The molecule has 5 aliphatic rings. The number of carbonyl (C=O) groups excluding carboxylic acids is 2. The number of hydrogen-bond acceptors (Lipinski definition) is 4. The number of likely N-dealkylation sites (tertiary alicyclic amines) is 1. The quantitative estimate of drug-likeness (QED) is 0.621. The molecule has 0 unspecified atom stereocenters. The standard InChI is InChI=1S/C29H42N4O2/c34-27(32-24-11-10-21-8-4-5-9-23(21)24)26-16-22(20-6-2-1-3-7-20)18-33(26)28(35)25-17-29(19-31-25)12-14-30-15-13-29/h4-5,8-9,20,22,24-26,30-31H,1-3,6-7,10-19H2,(H,32,34)/t22-,24-,25-,26+/m1/s1. The molecule has 6 nitrogen and oxygen atoms in total. The maximum Gasteiger partial charge on any atom is 0.243 e. The molecule has 0 aromatic heterocycles. The molecule has 3 N–H and O–H groups in total. The van der Waals surface area contributed by atoms with Crippen molar-refractivity contribution in [2.45, 2.75) is 88.8 Å². The van der Waals surface area contributed by atoms with E-state index in [4.69, 9.17) is 0 Å². The third-order valence-electron chi connectivity index (χ3n) is 10.0. The van der Waals surface area contributed by atoms with E-state index in [1.54, 1.807) is 0 Å². The highest BCUT2D eigenvalue weighted by molar-refractivity contribution is 5.91. The Bertz CT molecular complexity index is 936. The third kappa shape index (κ3) is 4.64. The highest BCUT2D eigenvalue weighted by Crippen LogP contribution is 2.41. The molecule has 6 rings (SSSR count). The van der Waals surface area contributed by atoms with Crippen LogP contribution >= 0.6 is 0 Å².